The zero-order chi connectivity index (χ0) is 14.8. The summed E-state index contributed by atoms with van der Waals surface area (Å²) in [4.78, 5) is 8.33. The van der Waals surface area contributed by atoms with Crippen LogP contribution in [-0.4, -0.2) is 9.97 Å². The highest BCUT2D eigenvalue weighted by Crippen LogP contribution is 2.23. The minimum Gasteiger partial charge on any atom is -0.365 e. The van der Waals surface area contributed by atoms with Gasteiger partial charge in [0, 0.05) is 11.9 Å². The van der Waals surface area contributed by atoms with E-state index in [4.69, 9.17) is 23.2 Å². The highest BCUT2D eigenvalue weighted by molar-refractivity contribution is 6.30. The number of nitrogens with zero attached hydrogens (tertiary/aromatic N) is 2. The molecule has 21 heavy (non-hydrogen) atoms. The van der Waals surface area contributed by atoms with Crippen LogP contribution in [0, 0.1) is 5.82 Å². The van der Waals surface area contributed by atoms with Crippen LogP contribution in [0.15, 0.2) is 42.5 Å². The molecule has 0 aliphatic rings. The molecule has 1 N–H and O–H groups in total. The van der Waals surface area contributed by atoms with Crippen molar-refractivity contribution < 1.29 is 4.39 Å². The molecule has 0 saturated heterocycles. The molecule has 1 aromatic heterocycles. The number of fused-ring (bicyclic) bond motifs is 1. The summed E-state index contributed by atoms with van der Waals surface area (Å²) in [6, 6.07) is 12.2. The van der Waals surface area contributed by atoms with Crippen LogP contribution in [0.3, 0.4) is 0 Å². The fourth-order valence-corrected chi connectivity index (χ4v) is 2.31. The molecule has 3 rings (SSSR count). The summed E-state index contributed by atoms with van der Waals surface area (Å²) in [6.07, 6.45) is 0. The van der Waals surface area contributed by atoms with Gasteiger partial charge < -0.3 is 5.32 Å². The minimum atomic E-state index is -0.443. The number of benzene rings is 2. The Morgan fingerprint density at radius 1 is 1.05 bits per heavy atom. The second-order valence-corrected chi connectivity index (χ2v) is 5.21. The standard InChI is InChI=1S/C15H10Cl2FN3/c16-11-6-5-9(7-12(11)18)8-19-14-10-3-1-2-4-13(10)20-15(17)21-14/h1-7H,8H2,(H,19,20,21). The first-order chi connectivity index (χ1) is 10.1. The van der Waals surface area contributed by atoms with E-state index in [0.29, 0.717) is 12.4 Å². The number of hydrogen-bond acceptors (Lipinski definition) is 3. The molecule has 106 valence electrons. The molecule has 0 atom stereocenters. The number of anilines is 1. The summed E-state index contributed by atoms with van der Waals surface area (Å²) < 4.78 is 13.4. The monoisotopic (exact) mass is 321 g/mol. The lowest BCUT2D eigenvalue weighted by molar-refractivity contribution is 0.626. The second kappa shape index (κ2) is 5.84. The molecular formula is C15H10Cl2FN3. The van der Waals surface area contributed by atoms with Gasteiger partial charge in [-0.15, -0.1) is 0 Å². The Labute approximate surface area is 130 Å². The summed E-state index contributed by atoms with van der Waals surface area (Å²) in [5.41, 5.74) is 1.51. The average molecular weight is 322 g/mol. The van der Waals surface area contributed by atoms with E-state index in [0.717, 1.165) is 16.5 Å². The van der Waals surface area contributed by atoms with Gasteiger partial charge in [0.15, 0.2) is 0 Å². The van der Waals surface area contributed by atoms with Crippen molar-refractivity contribution in [3.05, 3.63) is 64.2 Å². The minimum absolute atomic E-state index is 0.106. The van der Waals surface area contributed by atoms with Crippen molar-refractivity contribution >= 4 is 39.9 Å². The number of rotatable bonds is 3. The van der Waals surface area contributed by atoms with Crippen LogP contribution in [0.4, 0.5) is 10.2 Å². The Bertz CT molecular complexity index is 808. The van der Waals surface area contributed by atoms with E-state index in [1.54, 1.807) is 6.07 Å². The zero-order valence-electron chi connectivity index (χ0n) is 10.8. The van der Waals surface area contributed by atoms with Gasteiger partial charge in [-0.2, -0.15) is 0 Å². The molecule has 0 bridgehead atoms. The molecule has 2 aromatic carbocycles. The molecule has 3 aromatic rings. The number of nitrogens with one attached hydrogen (secondary N) is 1. The van der Waals surface area contributed by atoms with Crippen molar-refractivity contribution in [2.24, 2.45) is 0 Å². The molecule has 0 aliphatic carbocycles. The largest absolute Gasteiger partial charge is 0.365 e. The van der Waals surface area contributed by atoms with Gasteiger partial charge >= 0.3 is 0 Å². The van der Waals surface area contributed by atoms with Crippen LogP contribution in [0.2, 0.25) is 10.3 Å². The molecule has 1 heterocycles. The molecule has 0 fully saturated rings. The van der Waals surface area contributed by atoms with Gasteiger partial charge in [-0.3, -0.25) is 0 Å². The second-order valence-electron chi connectivity index (χ2n) is 4.46. The Balaban J connectivity index is 1.89. The average Bonchev–Trinajstić information content (AvgIpc) is 2.48. The third kappa shape index (κ3) is 3.06. The highest BCUT2D eigenvalue weighted by Gasteiger charge is 2.07. The molecule has 0 unspecified atom stereocenters. The zero-order valence-corrected chi connectivity index (χ0v) is 12.3. The quantitative estimate of drug-likeness (QED) is 0.711. The maximum Gasteiger partial charge on any atom is 0.224 e. The summed E-state index contributed by atoms with van der Waals surface area (Å²) in [7, 11) is 0. The smallest absolute Gasteiger partial charge is 0.224 e. The predicted octanol–water partition coefficient (Wildman–Crippen LogP) is 4.69. The lowest BCUT2D eigenvalue weighted by Crippen LogP contribution is -2.03. The van der Waals surface area contributed by atoms with E-state index in [1.807, 2.05) is 24.3 Å². The summed E-state index contributed by atoms with van der Waals surface area (Å²) in [6.45, 7) is 0.408. The van der Waals surface area contributed by atoms with Gasteiger partial charge in [-0.25, -0.2) is 14.4 Å². The molecule has 3 nitrogen and oxygen atoms in total. The van der Waals surface area contributed by atoms with Crippen LogP contribution in [0.5, 0.6) is 0 Å². The normalized spacial score (nSPS) is 10.8. The van der Waals surface area contributed by atoms with Gasteiger partial charge in [0.2, 0.25) is 5.28 Å². The number of hydrogen-bond donors (Lipinski definition) is 1. The van der Waals surface area contributed by atoms with Crippen molar-refractivity contribution in [1.29, 1.82) is 0 Å². The van der Waals surface area contributed by atoms with Crippen LogP contribution < -0.4 is 5.32 Å². The van der Waals surface area contributed by atoms with Crippen molar-refractivity contribution in [1.82, 2.24) is 9.97 Å². The van der Waals surface area contributed by atoms with E-state index in [9.17, 15) is 4.39 Å². The van der Waals surface area contributed by atoms with Crippen molar-refractivity contribution in [2.75, 3.05) is 5.32 Å². The first kappa shape index (κ1) is 14.0. The van der Waals surface area contributed by atoms with E-state index >= 15 is 0 Å². The molecule has 0 spiro atoms. The summed E-state index contributed by atoms with van der Waals surface area (Å²) in [5.74, 6) is 0.169. The number of para-hydroxylation sites is 1. The third-order valence-corrected chi connectivity index (χ3v) is 3.50. The van der Waals surface area contributed by atoms with Crippen LogP contribution >= 0.6 is 23.2 Å². The maximum absolute atomic E-state index is 13.4. The van der Waals surface area contributed by atoms with Crippen LogP contribution in [0.25, 0.3) is 10.9 Å². The SMILES string of the molecule is Fc1cc(CNc2nc(Cl)nc3ccccc23)ccc1Cl. The first-order valence-corrected chi connectivity index (χ1v) is 6.99. The first-order valence-electron chi connectivity index (χ1n) is 6.23. The number of aromatic nitrogens is 2. The van der Waals surface area contributed by atoms with Crippen LogP contribution in [-0.2, 0) is 6.54 Å². The van der Waals surface area contributed by atoms with Crippen molar-refractivity contribution in [3.63, 3.8) is 0 Å². The Kier molecular flexibility index (Phi) is 3.90. The summed E-state index contributed by atoms with van der Waals surface area (Å²) >= 11 is 11.6. The Morgan fingerprint density at radius 3 is 2.67 bits per heavy atom. The summed E-state index contributed by atoms with van der Waals surface area (Å²) in [5, 5.41) is 4.27. The lowest BCUT2D eigenvalue weighted by atomic mass is 10.2. The Morgan fingerprint density at radius 2 is 1.86 bits per heavy atom. The lowest BCUT2D eigenvalue weighted by Gasteiger charge is -2.09. The van der Waals surface area contributed by atoms with E-state index in [-0.39, 0.29) is 10.3 Å². The van der Waals surface area contributed by atoms with Gasteiger partial charge in [0.25, 0.3) is 0 Å². The van der Waals surface area contributed by atoms with Gasteiger partial charge in [0.05, 0.1) is 10.5 Å². The molecular weight excluding hydrogens is 312 g/mol. The number of halogens is 3. The molecule has 6 heteroatoms. The Hall–Kier alpha value is -1.91. The fourth-order valence-electron chi connectivity index (χ4n) is 2.02. The predicted molar refractivity (Wildman–Crippen MR) is 83.3 cm³/mol. The molecule has 0 saturated carbocycles. The molecule has 0 radical (unpaired) electrons. The van der Waals surface area contributed by atoms with Gasteiger partial charge in [-0.05, 0) is 41.4 Å². The topological polar surface area (TPSA) is 37.8 Å². The van der Waals surface area contributed by atoms with E-state index in [1.165, 1.54) is 12.1 Å². The third-order valence-electron chi connectivity index (χ3n) is 3.02. The van der Waals surface area contributed by atoms with E-state index < -0.39 is 5.82 Å². The molecule has 0 aliphatic heterocycles. The fraction of sp³-hybridized carbons (Fsp3) is 0.0667. The highest BCUT2D eigenvalue weighted by atomic mass is 35.5. The van der Waals surface area contributed by atoms with Crippen molar-refractivity contribution in [2.45, 2.75) is 6.54 Å². The van der Waals surface area contributed by atoms with Gasteiger partial charge in [-0.1, -0.05) is 29.8 Å². The molecule has 0 amide bonds. The van der Waals surface area contributed by atoms with Gasteiger partial charge in [0.1, 0.15) is 11.6 Å². The van der Waals surface area contributed by atoms with Crippen LogP contribution in [0.1, 0.15) is 5.56 Å². The van der Waals surface area contributed by atoms with E-state index in [2.05, 4.69) is 15.3 Å². The maximum atomic E-state index is 13.4. The van der Waals surface area contributed by atoms with Crippen molar-refractivity contribution in [3.8, 4) is 0 Å².